The van der Waals surface area contributed by atoms with Crippen molar-refractivity contribution >= 4 is 0 Å². The molecule has 2 atom stereocenters. The molecule has 1 aromatic rings. The minimum absolute atomic E-state index is 0.355. The van der Waals surface area contributed by atoms with Gasteiger partial charge >= 0.3 is 0 Å². The quantitative estimate of drug-likeness (QED) is 0.880. The first-order valence-corrected chi connectivity index (χ1v) is 7.33. The second-order valence-corrected chi connectivity index (χ2v) is 5.38. The summed E-state index contributed by atoms with van der Waals surface area (Å²) >= 11 is 0. The molecule has 0 spiro atoms. The number of likely N-dealkylation sites (N-methyl/N-ethyl adjacent to an activating group) is 1. The highest BCUT2D eigenvalue weighted by Gasteiger charge is 2.20. The Morgan fingerprint density at radius 3 is 2.68 bits per heavy atom. The summed E-state index contributed by atoms with van der Waals surface area (Å²) in [5, 5.41) is 3.44. The summed E-state index contributed by atoms with van der Waals surface area (Å²) in [6.07, 6.45) is 1.46. The third kappa shape index (κ3) is 4.03. The van der Waals surface area contributed by atoms with E-state index in [1.54, 1.807) is 0 Å². The number of hydrogen-bond donors (Lipinski definition) is 1. The minimum Gasteiger partial charge on any atom is -0.376 e. The molecular weight excluding hydrogens is 236 g/mol. The van der Waals surface area contributed by atoms with Gasteiger partial charge in [0.15, 0.2) is 0 Å². The van der Waals surface area contributed by atoms with Gasteiger partial charge < -0.3 is 10.1 Å². The molecule has 3 heteroatoms. The second-order valence-electron chi connectivity index (χ2n) is 5.38. The third-order valence-electron chi connectivity index (χ3n) is 3.90. The molecule has 106 valence electrons. The van der Waals surface area contributed by atoms with E-state index in [1.165, 1.54) is 11.1 Å². The first kappa shape index (κ1) is 14.5. The van der Waals surface area contributed by atoms with Gasteiger partial charge in [-0.25, -0.2) is 0 Å². The number of nitrogens with zero attached hydrogens (tertiary/aromatic N) is 1. The van der Waals surface area contributed by atoms with Gasteiger partial charge in [-0.15, -0.1) is 0 Å². The smallest absolute Gasteiger partial charge is 0.0674 e. The van der Waals surface area contributed by atoms with Crippen LogP contribution in [0.25, 0.3) is 0 Å². The molecule has 2 rings (SSSR count). The van der Waals surface area contributed by atoms with Gasteiger partial charge in [0, 0.05) is 25.7 Å². The van der Waals surface area contributed by atoms with Crippen LogP contribution in [0.15, 0.2) is 24.3 Å². The van der Waals surface area contributed by atoms with Gasteiger partial charge in [0.05, 0.1) is 12.7 Å². The van der Waals surface area contributed by atoms with Crippen molar-refractivity contribution in [2.45, 2.75) is 32.4 Å². The molecule has 0 amide bonds. The molecule has 0 saturated carbocycles. The Morgan fingerprint density at radius 2 is 2.11 bits per heavy atom. The lowest BCUT2D eigenvalue weighted by Gasteiger charge is -2.33. The first-order chi connectivity index (χ1) is 9.22. The molecule has 1 saturated heterocycles. The molecule has 1 aliphatic rings. The molecular formula is C16H26N2O. The van der Waals surface area contributed by atoms with Crippen molar-refractivity contribution < 1.29 is 4.74 Å². The van der Waals surface area contributed by atoms with Crippen molar-refractivity contribution in [3.05, 3.63) is 35.4 Å². The average molecular weight is 262 g/mol. The Hall–Kier alpha value is -0.900. The fraction of sp³-hybridized carbons (Fsp3) is 0.625. The molecule has 1 aliphatic heterocycles. The van der Waals surface area contributed by atoms with E-state index < -0.39 is 0 Å². The highest BCUT2D eigenvalue weighted by molar-refractivity contribution is 5.25. The molecule has 1 N–H and O–H groups in total. The molecule has 0 aliphatic carbocycles. The molecule has 0 radical (unpaired) electrons. The van der Waals surface area contributed by atoms with Crippen LogP contribution in [0, 0.1) is 0 Å². The number of nitrogens with one attached hydrogen (secondary N) is 1. The number of ether oxygens (including phenoxy) is 1. The summed E-state index contributed by atoms with van der Waals surface area (Å²) in [6, 6.07) is 9.38. The van der Waals surface area contributed by atoms with E-state index in [0.29, 0.717) is 12.1 Å². The van der Waals surface area contributed by atoms with Gasteiger partial charge in [-0.05, 0) is 31.5 Å². The predicted octanol–water partition coefficient (Wildman–Crippen LogP) is 2.23. The molecule has 19 heavy (non-hydrogen) atoms. The number of aryl methyl sites for hydroxylation is 1. The summed E-state index contributed by atoms with van der Waals surface area (Å²) in [6.45, 7) is 8.32. The summed E-state index contributed by atoms with van der Waals surface area (Å²) in [5.74, 6) is 0. The summed E-state index contributed by atoms with van der Waals surface area (Å²) in [4.78, 5) is 2.49. The minimum atomic E-state index is 0.355. The highest BCUT2D eigenvalue weighted by Crippen LogP contribution is 2.17. The molecule has 3 nitrogen and oxygen atoms in total. The Kier molecular flexibility index (Phi) is 5.37. The predicted molar refractivity (Wildman–Crippen MR) is 79.5 cm³/mol. The first-order valence-electron chi connectivity index (χ1n) is 7.33. The molecule has 0 bridgehead atoms. The largest absolute Gasteiger partial charge is 0.376 e. The SMILES string of the molecule is CCc1ccc(C(CN2CCOC(C)C2)NC)cc1. The zero-order chi connectivity index (χ0) is 13.7. The van der Waals surface area contributed by atoms with Crippen LogP contribution in [0.3, 0.4) is 0 Å². The normalized spacial score (nSPS) is 22.4. The molecule has 1 heterocycles. The van der Waals surface area contributed by atoms with Gasteiger partial charge in [0.2, 0.25) is 0 Å². The van der Waals surface area contributed by atoms with Crippen LogP contribution in [0.1, 0.15) is 31.0 Å². The van der Waals surface area contributed by atoms with Crippen molar-refractivity contribution in [2.75, 3.05) is 33.3 Å². The zero-order valence-corrected chi connectivity index (χ0v) is 12.4. The molecule has 1 aromatic carbocycles. The lowest BCUT2D eigenvalue weighted by molar-refractivity contribution is -0.0208. The summed E-state index contributed by atoms with van der Waals surface area (Å²) in [7, 11) is 2.04. The average Bonchev–Trinajstić information content (AvgIpc) is 2.45. The van der Waals surface area contributed by atoms with Crippen LogP contribution in [-0.2, 0) is 11.2 Å². The molecule has 0 aromatic heterocycles. The van der Waals surface area contributed by atoms with Gasteiger partial charge in [-0.1, -0.05) is 31.2 Å². The van der Waals surface area contributed by atoms with Gasteiger partial charge in [0.25, 0.3) is 0 Å². The van der Waals surface area contributed by atoms with Crippen LogP contribution in [0.5, 0.6) is 0 Å². The number of hydrogen-bond acceptors (Lipinski definition) is 3. The lowest BCUT2D eigenvalue weighted by atomic mass is 10.0. The summed E-state index contributed by atoms with van der Waals surface area (Å²) < 4.78 is 5.60. The Balaban J connectivity index is 1.98. The number of morpholine rings is 1. The third-order valence-corrected chi connectivity index (χ3v) is 3.90. The lowest BCUT2D eigenvalue weighted by Crippen LogP contribution is -2.44. The van der Waals surface area contributed by atoms with E-state index >= 15 is 0 Å². The van der Waals surface area contributed by atoms with Crippen LogP contribution < -0.4 is 5.32 Å². The van der Waals surface area contributed by atoms with Crippen LogP contribution in [-0.4, -0.2) is 44.3 Å². The van der Waals surface area contributed by atoms with Crippen molar-refractivity contribution in [2.24, 2.45) is 0 Å². The number of rotatable bonds is 5. The Bertz CT molecular complexity index is 377. The van der Waals surface area contributed by atoms with Crippen LogP contribution in [0.4, 0.5) is 0 Å². The van der Waals surface area contributed by atoms with E-state index in [1.807, 2.05) is 7.05 Å². The van der Waals surface area contributed by atoms with Gasteiger partial charge in [0.1, 0.15) is 0 Å². The van der Waals surface area contributed by atoms with E-state index in [9.17, 15) is 0 Å². The highest BCUT2D eigenvalue weighted by atomic mass is 16.5. The van der Waals surface area contributed by atoms with E-state index in [2.05, 4.69) is 48.3 Å². The van der Waals surface area contributed by atoms with Crippen molar-refractivity contribution in [3.63, 3.8) is 0 Å². The van der Waals surface area contributed by atoms with Crippen molar-refractivity contribution in [1.29, 1.82) is 0 Å². The maximum absolute atomic E-state index is 5.60. The van der Waals surface area contributed by atoms with Crippen LogP contribution >= 0.6 is 0 Å². The fourth-order valence-electron chi connectivity index (χ4n) is 2.66. The van der Waals surface area contributed by atoms with E-state index in [-0.39, 0.29) is 0 Å². The maximum atomic E-state index is 5.60. The zero-order valence-electron chi connectivity index (χ0n) is 12.4. The number of benzene rings is 1. The monoisotopic (exact) mass is 262 g/mol. The van der Waals surface area contributed by atoms with Gasteiger partial charge in [-0.2, -0.15) is 0 Å². The molecule has 2 unspecified atom stereocenters. The van der Waals surface area contributed by atoms with Crippen LogP contribution in [0.2, 0.25) is 0 Å². The maximum Gasteiger partial charge on any atom is 0.0674 e. The van der Waals surface area contributed by atoms with E-state index in [4.69, 9.17) is 4.74 Å². The van der Waals surface area contributed by atoms with Gasteiger partial charge in [-0.3, -0.25) is 4.90 Å². The Morgan fingerprint density at radius 1 is 1.37 bits per heavy atom. The van der Waals surface area contributed by atoms with Crippen molar-refractivity contribution in [3.8, 4) is 0 Å². The summed E-state index contributed by atoms with van der Waals surface area (Å²) in [5.41, 5.74) is 2.78. The standard InChI is InChI=1S/C16H26N2O/c1-4-14-5-7-15(8-6-14)16(17-3)12-18-9-10-19-13(2)11-18/h5-8,13,16-17H,4,9-12H2,1-3H3. The molecule has 1 fully saturated rings. The van der Waals surface area contributed by atoms with Crippen molar-refractivity contribution in [1.82, 2.24) is 10.2 Å². The Labute approximate surface area is 116 Å². The topological polar surface area (TPSA) is 24.5 Å². The fourth-order valence-corrected chi connectivity index (χ4v) is 2.66. The van der Waals surface area contributed by atoms with E-state index in [0.717, 1.165) is 32.7 Å². The second kappa shape index (κ2) is 7.04.